The lowest BCUT2D eigenvalue weighted by atomic mass is 9.95. The maximum Gasteiger partial charge on any atom is 0.330 e. The summed E-state index contributed by atoms with van der Waals surface area (Å²) >= 11 is 1.55. The lowest BCUT2D eigenvalue weighted by molar-refractivity contribution is -0.169. The summed E-state index contributed by atoms with van der Waals surface area (Å²) in [5.41, 5.74) is 2.54. The van der Waals surface area contributed by atoms with Gasteiger partial charge in [0.05, 0.1) is 10.2 Å². The van der Waals surface area contributed by atoms with Gasteiger partial charge in [0.25, 0.3) is 5.91 Å². The predicted octanol–water partition coefficient (Wildman–Crippen LogP) is 7.13. The van der Waals surface area contributed by atoms with Crippen LogP contribution in [-0.2, 0) is 19.1 Å². The van der Waals surface area contributed by atoms with Crippen molar-refractivity contribution in [1.29, 1.82) is 0 Å². The summed E-state index contributed by atoms with van der Waals surface area (Å²) < 4.78 is 13.7. The van der Waals surface area contributed by atoms with Crippen LogP contribution in [0.4, 0.5) is 0 Å². The number of hydrogen-bond donors (Lipinski definition) is 1. The van der Waals surface area contributed by atoms with Gasteiger partial charge in [0, 0.05) is 0 Å². The van der Waals surface area contributed by atoms with Crippen molar-refractivity contribution < 1.29 is 23.9 Å². The van der Waals surface area contributed by atoms with Gasteiger partial charge in [-0.3, -0.25) is 9.59 Å². The zero-order valence-electron chi connectivity index (χ0n) is 25.7. The molecule has 0 saturated carbocycles. The molecule has 5 aromatic rings. The molecule has 1 aliphatic heterocycles. The number of carbonyl (C=O) groups is 3. The van der Waals surface area contributed by atoms with Crippen molar-refractivity contribution in [1.82, 2.24) is 15.2 Å². The maximum atomic E-state index is 14.1. The van der Waals surface area contributed by atoms with Gasteiger partial charge >= 0.3 is 5.97 Å². The molecule has 1 aromatic heterocycles. The quantitative estimate of drug-likeness (QED) is 0.0796. The van der Waals surface area contributed by atoms with Gasteiger partial charge in [-0.05, 0) is 52.1 Å². The fraction of sp³-hybridized carbons (Fsp3) is 0.222. The van der Waals surface area contributed by atoms with E-state index < -0.39 is 35.4 Å². The van der Waals surface area contributed by atoms with Crippen molar-refractivity contribution in [3.8, 4) is 5.75 Å². The zero-order chi connectivity index (χ0) is 32.8. The molecular formula is C36H33N3O5S3. The Balaban J connectivity index is 1.23. The molecule has 8 nitrogen and oxygen atoms in total. The fourth-order valence-corrected chi connectivity index (χ4v) is 9.32. The number of nitrogens with zero attached hydrogens (tertiary/aromatic N) is 2. The van der Waals surface area contributed by atoms with Crippen molar-refractivity contribution in [2.75, 3.05) is 6.61 Å². The number of rotatable bonds is 13. The van der Waals surface area contributed by atoms with Crippen molar-refractivity contribution in [3.05, 3.63) is 126 Å². The third-order valence-electron chi connectivity index (χ3n) is 7.61. The van der Waals surface area contributed by atoms with Crippen molar-refractivity contribution in [2.24, 2.45) is 5.92 Å². The zero-order valence-corrected chi connectivity index (χ0v) is 28.2. The molecule has 1 fully saturated rings. The van der Waals surface area contributed by atoms with Crippen molar-refractivity contribution in [2.45, 2.75) is 41.7 Å². The highest BCUT2D eigenvalue weighted by molar-refractivity contribution is 8.77. The number of nitrogens with one attached hydrogen (secondary N) is 1. The van der Waals surface area contributed by atoms with Crippen LogP contribution in [0.2, 0.25) is 0 Å². The first kappa shape index (κ1) is 32.6. The summed E-state index contributed by atoms with van der Waals surface area (Å²) in [6.45, 7) is 3.53. The normalized spacial score (nSPS) is 16.6. The fourth-order valence-electron chi connectivity index (χ4n) is 5.35. The number of β-lactam (4-membered cyclic amide) rings is 1. The van der Waals surface area contributed by atoms with E-state index in [-0.39, 0.29) is 18.4 Å². The van der Waals surface area contributed by atoms with Gasteiger partial charge in [0.2, 0.25) is 5.91 Å². The second-order valence-corrected chi connectivity index (χ2v) is 14.8. The lowest BCUT2D eigenvalue weighted by Crippen LogP contribution is -2.73. The van der Waals surface area contributed by atoms with Crippen molar-refractivity contribution in [3.63, 3.8) is 0 Å². The molecule has 0 aliphatic carbocycles. The summed E-state index contributed by atoms with van der Waals surface area (Å²) in [6, 6.07) is 34.2. The monoisotopic (exact) mass is 683 g/mol. The molecule has 0 radical (unpaired) electrons. The van der Waals surface area contributed by atoms with Gasteiger partial charge in [-0.25, -0.2) is 9.78 Å². The van der Waals surface area contributed by atoms with Crippen LogP contribution in [0.1, 0.15) is 31.1 Å². The highest BCUT2D eigenvalue weighted by Crippen LogP contribution is 2.45. The number of esters is 1. The van der Waals surface area contributed by atoms with E-state index in [1.807, 2.05) is 117 Å². The topological polar surface area (TPSA) is 97.8 Å². The van der Waals surface area contributed by atoms with Crippen LogP contribution in [0.3, 0.4) is 0 Å². The molecule has 240 valence electrons. The van der Waals surface area contributed by atoms with Crippen LogP contribution in [0.15, 0.2) is 120 Å². The Hall–Kier alpha value is -4.32. The second kappa shape index (κ2) is 15.1. The molecule has 2 heterocycles. The highest BCUT2D eigenvalue weighted by Gasteiger charge is 2.55. The van der Waals surface area contributed by atoms with Gasteiger partial charge < -0.3 is 19.7 Å². The van der Waals surface area contributed by atoms with Crippen molar-refractivity contribution >= 4 is 60.9 Å². The number of para-hydroxylation sites is 2. The van der Waals surface area contributed by atoms with Gasteiger partial charge in [0.15, 0.2) is 17.1 Å². The smallest absolute Gasteiger partial charge is 0.330 e. The molecule has 1 saturated heterocycles. The standard InChI is InChI=1S/C36H33N3O5S3/c1-23(2)31(35(42)44-32(24-14-6-3-7-15-24)25-16-8-4-9-17-25)39-33(41)30(38-29(40)22-43-26-18-10-5-11-19-26)34(39)46-47-36-37-27-20-12-13-21-28(27)45-36/h3-21,23,30-32,34H,22H2,1-2H3,(H,38,40). The molecular weight excluding hydrogens is 651 g/mol. The highest BCUT2D eigenvalue weighted by atomic mass is 33.1. The first-order valence-electron chi connectivity index (χ1n) is 15.2. The molecule has 0 spiro atoms. The number of carbonyl (C=O) groups excluding carboxylic acids is 3. The Morgan fingerprint density at radius 2 is 1.47 bits per heavy atom. The molecule has 3 atom stereocenters. The summed E-state index contributed by atoms with van der Waals surface area (Å²) in [5.74, 6) is -1.02. The largest absolute Gasteiger partial charge is 0.484 e. The number of fused-ring (bicyclic) bond motifs is 1. The number of ether oxygens (including phenoxy) is 2. The average molecular weight is 684 g/mol. The van der Waals surface area contributed by atoms with Crippen LogP contribution in [0, 0.1) is 5.92 Å². The number of thiazole rings is 1. The van der Waals surface area contributed by atoms with E-state index in [9.17, 15) is 14.4 Å². The molecule has 11 heteroatoms. The van der Waals surface area contributed by atoms with E-state index in [1.54, 1.807) is 28.4 Å². The predicted molar refractivity (Wildman–Crippen MR) is 187 cm³/mol. The van der Waals surface area contributed by atoms with Crippen LogP contribution >= 0.6 is 32.9 Å². The third-order valence-corrected chi connectivity index (χ3v) is 11.6. The maximum absolute atomic E-state index is 14.1. The Labute approximate surface area is 285 Å². The number of amides is 2. The average Bonchev–Trinajstić information content (AvgIpc) is 3.52. The van der Waals surface area contributed by atoms with E-state index in [2.05, 4.69) is 5.32 Å². The first-order valence-corrected chi connectivity index (χ1v) is 18.2. The number of aromatic nitrogens is 1. The number of likely N-dealkylation sites (tertiary alicyclic amines) is 1. The molecule has 2 amide bonds. The van der Waals surface area contributed by atoms with Gasteiger partial charge in [0.1, 0.15) is 23.2 Å². The molecule has 1 N–H and O–H groups in total. The van der Waals surface area contributed by atoms with E-state index in [0.717, 1.165) is 25.7 Å². The molecule has 4 aromatic carbocycles. The minimum absolute atomic E-state index is 0.248. The Morgan fingerprint density at radius 3 is 2.09 bits per heavy atom. The van der Waals surface area contributed by atoms with Crippen LogP contribution in [0.5, 0.6) is 5.75 Å². The first-order chi connectivity index (χ1) is 22.9. The minimum Gasteiger partial charge on any atom is -0.484 e. The van der Waals surface area contributed by atoms with E-state index in [4.69, 9.17) is 14.5 Å². The Bertz CT molecular complexity index is 1750. The SMILES string of the molecule is CC(C)C(C(=O)OC(c1ccccc1)c1ccccc1)N1C(=O)C(NC(=O)COc2ccccc2)C1SSc1nc2ccccc2s1. The number of benzene rings is 4. The van der Waals surface area contributed by atoms with Crippen LogP contribution in [0.25, 0.3) is 10.2 Å². The Morgan fingerprint density at radius 1 is 0.872 bits per heavy atom. The Kier molecular flexibility index (Phi) is 10.4. The van der Waals surface area contributed by atoms with Crippen LogP contribution in [-0.4, -0.2) is 51.7 Å². The summed E-state index contributed by atoms with van der Waals surface area (Å²) in [7, 11) is 2.81. The van der Waals surface area contributed by atoms with E-state index in [0.29, 0.717) is 5.75 Å². The molecule has 47 heavy (non-hydrogen) atoms. The van der Waals surface area contributed by atoms with Gasteiger partial charge in [-0.1, -0.05) is 116 Å². The number of hydrogen-bond acceptors (Lipinski definition) is 9. The minimum atomic E-state index is -0.889. The molecule has 6 rings (SSSR count). The molecule has 1 aliphatic rings. The van der Waals surface area contributed by atoms with Gasteiger partial charge in [-0.2, -0.15) is 0 Å². The summed E-state index contributed by atoms with van der Waals surface area (Å²) in [6.07, 6.45) is -0.656. The molecule has 3 unspecified atom stereocenters. The van der Waals surface area contributed by atoms with Crippen LogP contribution < -0.4 is 10.1 Å². The lowest BCUT2D eigenvalue weighted by Gasteiger charge is -2.50. The van der Waals surface area contributed by atoms with Gasteiger partial charge in [-0.15, -0.1) is 11.3 Å². The van der Waals surface area contributed by atoms with E-state index in [1.165, 1.54) is 21.6 Å². The summed E-state index contributed by atoms with van der Waals surface area (Å²) in [5, 5.41) is 2.28. The second-order valence-electron chi connectivity index (χ2n) is 11.2. The molecule has 0 bridgehead atoms. The summed E-state index contributed by atoms with van der Waals surface area (Å²) in [4.78, 5) is 47.2. The van der Waals surface area contributed by atoms with E-state index >= 15 is 0 Å². The third kappa shape index (κ3) is 7.64.